The average molecular weight is 1100 g/mol. The highest BCUT2D eigenvalue weighted by Gasteiger charge is 2.53. The molecule has 18 heteroatoms. The number of ketones is 3. The van der Waals surface area contributed by atoms with Crippen molar-refractivity contribution >= 4 is 41.2 Å². The minimum Gasteiger partial charge on any atom is -0.460 e. The minimum atomic E-state index is -2.47. The number of allylic oxidation sites excluding steroid dienone is 6. The molecule has 1 aliphatic carbocycles. The van der Waals surface area contributed by atoms with Crippen molar-refractivity contribution in [3.8, 4) is 0 Å². The van der Waals surface area contributed by atoms with Gasteiger partial charge in [-0.3, -0.25) is 28.8 Å². The van der Waals surface area contributed by atoms with Crippen LogP contribution < -0.4 is 5.73 Å². The van der Waals surface area contributed by atoms with Gasteiger partial charge in [-0.1, -0.05) is 71.1 Å². The van der Waals surface area contributed by atoms with Crippen LogP contribution in [0.1, 0.15) is 159 Å². The molecule has 1 amide bonds. The first kappa shape index (κ1) is 66.1. The zero-order valence-corrected chi connectivity index (χ0v) is 48.9. The van der Waals surface area contributed by atoms with Gasteiger partial charge in [0.05, 0.1) is 18.3 Å². The fourth-order valence-electron chi connectivity index (χ4n) is 11.2. The summed E-state index contributed by atoms with van der Waals surface area (Å²) in [5.74, 6) is -9.72. The number of rotatable bonds is 11. The Kier molecular flexibility index (Phi) is 25.8. The summed E-state index contributed by atoms with van der Waals surface area (Å²) in [6, 6.07) is -2.20. The highest BCUT2D eigenvalue weighted by molar-refractivity contribution is 6.39. The number of aliphatic hydroxyl groups is 2. The van der Waals surface area contributed by atoms with Crippen molar-refractivity contribution in [3.63, 3.8) is 0 Å². The summed E-state index contributed by atoms with van der Waals surface area (Å²) in [7, 11) is 4.46. The van der Waals surface area contributed by atoms with Crippen LogP contribution in [-0.2, 0) is 66.7 Å². The molecule has 16 atom stereocenters. The molecule has 0 unspecified atom stereocenters. The van der Waals surface area contributed by atoms with E-state index in [1.54, 1.807) is 61.7 Å². The summed E-state index contributed by atoms with van der Waals surface area (Å²) >= 11 is 0. The maximum atomic E-state index is 14.6. The number of nitrogens with two attached hydrogens (primary N) is 1. The molecule has 0 aromatic rings. The van der Waals surface area contributed by atoms with Gasteiger partial charge in [0, 0.05) is 64.9 Å². The summed E-state index contributed by atoms with van der Waals surface area (Å²) in [6.07, 6.45) is 9.97. The average Bonchev–Trinajstić information content (AvgIpc) is 3.44. The van der Waals surface area contributed by atoms with Gasteiger partial charge in [-0.15, -0.1) is 0 Å². The number of cyclic esters (lactones) is 1. The second kappa shape index (κ2) is 30.4. The van der Waals surface area contributed by atoms with Crippen molar-refractivity contribution in [2.45, 2.75) is 225 Å². The Morgan fingerprint density at radius 1 is 0.872 bits per heavy atom. The zero-order chi connectivity index (χ0) is 58.2. The maximum Gasteiger partial charge on any atom is 0.329 e. The molecule has 4 rings (SSSR count). The van der Waals surface area contributed by atoms with E-state index >= 15 is 0 Å². The van der Waals surface area contributed by atoms with Gasteiger partial charge in [0.1, 0.15) is 47.9 Å². The summed E-state index contributed by atoms with van der Waals surface area (Å²) in [4.78, 5) is 98.1. The Morgan fingerprint density at radius 2 is 1.58 bits per heavy atom. The van der Waals surface area contributed by atoms with E-state index in [4.69, 9.17) is 38.9 Å². The summed E-state index contributed by atoms with van der Waals surface area (Å²) < 4.78 is 41.0. The van der Waals surface area contributed by atoms with E-state index in [0.29, 0.717) is 69.8 Å². The second-order valence-electron chi connectivity index (χ2n) is 23.7. The third-order valence-corrected chi connectivity index (χ3v) is 16.1. The van der Waals surface area contributed by atoms with Crippen LogP contribution in [0, 0.1) is 35.5 Å². The van der Waals surface area contributed by atoms with Crippen molar-refractivity contribution < 1.29 is 76.9 Å². The standard InChI is InChI=1S/C60H94N2O16/c1-35-19-15-14-16-20-36(2)48(72-11)33-43-24-22-41(7)60(71,77-43)55(67)56(68)62-28-18-17-21-45(62)58(70)76-49(34-46(63)37(3)30-40(6)53(66)54(74-13)52(65)39(5)29-35)38(4)31-42-23-26-47(50(32-42)73-12)75-51(64)27-25-44(61)57(69)78-59(8,9)10/h14-16,19-20,30,35,37-39,41-45,47-50,53-54,66,71H,17-18,21-29,31-34,61H2,1-13H3/b16-14+,19-15-,36-20+,40-30+/t35-,37-,38-,39-,41-,42+,43+,44+,45+,47-,48+,49+,50-,53-,54+,60-/m1/s1. The molecule has 0 spiro atoms. The monoisotopic (exact) mass is 1100 g/mol. The number of amides is 1. The first-order valence-electron chi connectivity index (χ1n) is 28.3. The molecule has 0 aromatic heterocycles. The topological polar surface area (TPSA) is 254 Å². The summed E-state index contributed by atoms with van der Waals surface area (Å²) in [6.45, 7) is 17.8. The maximum absolute atomic E-state index is 14.6. The number of hydrogen-bond acceptors (Lipinski definition) is 17. The molecular weight excluding hydrogens is 1000 g/mol. The number of nitrogens with zero attached hydrogens (tertiary/aromatic N) is 1. The van der Waals surface area contributed by atoms with Crippen LogP contribution in [0.25, 0.3) is 0 Å². The first-order valence-corrected chi connectivity index (χ1v) is 28.3. The molecule has 4 aliphatic rings. The van der Waals surface area contributed by atoms with Crippen LogP contribution in [0.2, 0.25) is 0 Å². The lowest BCUT2D eigenvalue weighted by atomic mass is 9.78. The fourth-order valence-corrected chi connectivity index (χ4v) is 11.2. The lowest BCUT2D eigenvalue weighted by Gasteiger charge is -2.42. The molecule has 1 saturated carbocycles. The lowest BCUT2D eigenvalue weighted by molar-refractivity contribution is -0.265. The summed E-state index contributed by atoms with van der Waals surface area (Å²) in [5, 5.41) is 23.6. The lowest BCUT2D eigenvalue weighted by Crippen LogP contribution is -2.61. The molecule has 2 saturated heterocycles. The molecule has 440 valence electrons. The van der Waals surface area contributed by atoms with Crippen molar-refractivity contribution in [2.24, 2.45) is 41.2 Å². The van der Waals surface area contributed by atoms with Gasteiger partial charge in [-0.2, -0.15) is 0 Å². The van der Waals surface area contributed by atoms with Crippen LogP contribution in [0.5, 0.6) is 0 Å². The van der Waals surface area contributed by atoms with Gasteiger partial charge < -0.3 is 54.0 Å². The Labute approximate surface area is 463 Å². The van der Waals surface area contributed by atoms with Crippen molar-refractivity contribution in [1.82, 2.24) is 4.90 Å². The molecule has 18 nitrogen and oxygen atoms in total. The van der Waals surface area contributed by atoms with Crippen LogP contribution >= 0.6 is 0 Å². The van der Waals surface area contributed by atoms with E-state index in [-0.39, 0.29) is 55.6 Å². The van der Waals surface area contributed by atoms with Crippen LogP contribution in [0.4, 0.5) is 0 Å². The van der Waals surface area contributed by atoms with Gasteiger partial charge in [-0.05, 0) is 134 Å². The van der Waals surface area contributed by atoms with Crippen molar-refractivity contribution in [3.05, 3.63) is 47.6 Å². The number of aliphatic hydroxyl groups excluding tert-OH is 1. The highest BCUT2D eigenvalue weighted by Crippen LogP contribution is 2.38. The molecular formula is C60H94N2O16. The Morgan fingerprint density at radius 3 is 2.23 bits per heavy atom. The van der Waals surface area contributed by atoms with Gasteiger partial charge in [0.25, 0.3) is 11.7 Å². The molecule has 4 N–H and O–H groups in total. The van der Waals surface area contributed by atoms with Gasteiger partial charge >= 0.3 is 17.9 Å². The van der Waals surface area contributed by atoms with E-state index in [9.17, 15) is 43.8 Å². The quantitative estimate of drug-likeness (QED) is 0.0801. The van der Waals surface area contributed by atoms with E-state index < -0.39 is 119 Å². The van der Waals surface area contributed by atoms with E-state index in [2.05, 4.69) is 0 Å². The number of carbonyl (C=O) groups excluding carboxylic acids is 7. The highest BCUT2D eigenvalue weighted by atomic mass is 16.6. The van der Waals surface area contributed by atoms with Crippen LogP contribution in [0.3, 0.4) is 0 Å². The van der Waals surface area contributed by atoms with E-state index in [1.807, 2.05) is 51.2 Å². The Balaban J connectivity index is 1.64. The number of esters is 3. The summed E-state index contributed by atoms with van der Waals surface area (Å²) in [5.41, 5.74) is 6.50. The number of piperidine rings is 1. The van der Waals surface area contributed by atoms with Gasteiger partial charge in [0.15, 0.2) is 5.78 Å². The number of fused-ring (bicyclic) bond motifs is 3. The smallest absolute Gasteiger partial charge is 0.329 e. The van der Waals surface area contributed by atoms with Crippen LogP contribution in [-0.4, -0.2) is 150 Å². The minimum absolute atomic E-state index is 0.00853. The largest absolute Gasteiger partial charge is 0.460 e. The molecule has 78 heavy (non-hydrogen) atoms. The third-order valence-electron chi connectivity index (χ3n) is 16.1. The number of carbonyl (C=O) groups is 7. The predicted octanol–water partition coefficient (Wildman–Crippen LogP) is 7.18. The zero-order valence-electron chi connectivity index (χ0n) is 48.9. The number of hydrogen-bond donors (Lipinski definition) is 3. The number of Topliss-reactive ketones (excluding diaryl/α,β-unsaturated/α-hetero) is 3. The van der Waals surface area contributed by atoms with Crippen molar-refractivity contribution in [2.75, 3.05) is 27.9 Å². The van der Waals surface area contributed by atoms with Crippen LogP contribution in [0.15, 0.2) is 47.6 Å². The number of methoxy groups -OCH3 is 3. The predicted molar refractivity (Wildman–Crippen MR) is 292 cm³/mol. The molecule has 3 aliphatic heterocycles. The molecule has 0 radical (unpaired) electrons. The molecule has 2 bridgehead atoms. The molecule has 3 heterocycles. The van der Waals surface area contributed by atoms with Gasteiger partial charge in [-0.25, -0.2) is 4.79 Å². The molecule has 3 fully saturated rings. The third kappa shape index (κ3) is 18.8. The van der Waals surface area contributed by atoms with Gasteiger partial charge in [0.2, 0.25) is 5.79 Å². The van der Waals surface area contributed by atoms with E-state index in [1.165, 1.54) is 19.1 Å². The first-order chi connectivity index (χ1) is 36.6. The SMILES string of the molecule is CO[C@H]1C[C@@H]2CC[C@@H](C)[C@@](O)(O2)C(=O)C(=O)N2CCCC[C@H]2C(=O)O[C@H]([C@H](C)C[C@@H]2CC[C@@H](OC(=O)CC[C@H](N)C(=O)OC(C)(C)C)[C@H](OC)C2)CC(=O)[C@H](C)/C=C(\C)[C@@H](O)[C@@H](OC)C(=O)[C@H](C)C[C@H](C)\C=C/C=C/C=C/1C. The normalized spacial score (nSPS) is 36.1. The molecule has 0 aromatic carbocycles. The second-order valence-corrected chi connectivity index (χ2v) is 23.7. The van der Waals surface area contributed by atoms with Crippen molar-refractivity contribution in [1.29, 1.82) is 0 Å². The van der Waals surface area contributed by atoms with E-state index in [0.717, 1.165) is 5.57 Å². The Hall–Kier alpha value is -4.43. The number of ether oxygens (including phenoxy) is 7. The Bertz CT molecular complexity index is 2180. The fraction of sp³-hybridized carbons (Fsp3) is 0.750.